The minimum Gasteiger partial charge on any atom is -0.493 e. The van der Waals surface area contributed by atoms with E-state index in [-0.39, 0.29) is 12.5 Å². The Kier molecular flexibility index (Phi) is 8.61. The molecule has 0 aliphatic heterocycles. The molecule has 216 valence electrons. The van der Waals surface area contributed by atoms with Gasteiger partial charge in [0.25, 0.3) is 0 Å². The third kappa shape index (κ3) is 6.02. The van der Waals surface area contributed by atoms with E-state index in [0.717, 1.165) is 27.6 Å². The molecule has 2 heterocycles. The lowest BCUT2D eigenvalue weighted by Crippen LogP contribution is -2.31. The normalized spacial score (nSPS) is 11.7. The predicted molar refractivity (Wildman–Crippen MR) is 160 cm³/mol. The summed E-state index contributed by atoms with van der Waals surface area (Å²) in [5.41, 5.74) is 9.50. The number of aryl methyl sites for hydroxylation is 1. The third-order valence-electron chi connectivity index (χ3n) is 6.85. The molecule has 0 fully saturated rings. The van der Waals surface area contributed by atoms with Gasteiger partial charge in [-0.3, -0.25) is 0 Å². The Morgan fingerprint density at radius 3 is 2.50 bits per heavy atom. The Labute approximate surface area is 242 Å². The summed E-state index contributed by atoms with van der Waals surface area (Å²) in [5.74, 6) is 2.21. The molecule has 1 unspecified atom stereocenters. The van der Waals surface area contributed by atoms with Gasteiger partial charge in [0.2, 0.25) is 11.8 Å². The topological polar surface area (TPSA) is 95.6 Å². The van der Waals surface area contributed by atoms with Gasteiger partial charge in [0.15, 0.2) is 11.5 Å². The molecule has 2 aromatic heterocycles. The number of pyridine rings is 1. The minimum absolute atomic E-state index is 0.141. The molecular weight excluding hydrogens is 540 g/mol. The van der Waals surface area contributed by atoms with E-state index in [0.29, 0.717) is 40.9 Å². The van der Waals surface area contributed by atoms with Crippen LogP contribution in [0.15, 0.2) is 79.1 Å². The number of nitrogens with zero attached hydrogens (tertiary/aromatic N) is 4. The molecule has 0 amide bonds. The van der Waals surface area contributed by atoms with Crippen LogP contribution in [-0.2, 0) is 6.54 Å². The Morgan fingerprint density at radius 2 is 1.74 bits per heavy atom. The van der Waals surface area contributed by atoms with E-state index < -0.39 is 12.8 Å². The third-order valence-corrected chi connectivity index (χ3v) is 6.85. The van der Waals surface area contributed by atoms with Crippen molar-refractivity contribution in [2.24, 2.45) is 0 Å². The summed E-state index contributed by atoms with van der Waals surface area (Å²) in [6.07, 6.45) is 1.54. The largest absolute Gasteiger partial charge is 0.493 e. The van der Waals surface area contributed by atoms with E-state index in [4.69, 9.17) is 19.9 Å². The van der Waals surface area contributed by atoms with Crippen LogP contribution in [0.3, 0.4) is 0 Å². The van der Waals surface area contributed by atoms with E-state index in [1.807, 2.05) is 60.4 Å². The fourth-order valence-electron chi connectivity index (χ4n) is 4.86. The van der Waals surface area contributed by atoms with Gasteiger partial charge < -0.3 is 24.8 Å². The lowest BCUT2D eigenvalue weighted by molar-refractivity contribution is 0.263. The van der Waals surface area contributed by atoms with Crippen LogP contribution in [0.2, 0.25) is 0 Å². The number of alkyl halides is 2. The molecule has 0 saturated carbocycles. The number of benzene rings is 3. The molecule has 0 saturated heterocycles. The van der Waals surface area contributed by atoms with Gasteiger partial charge in [0, 0.05) is 35.4 Å². The van der Waals surface area contributed by atoms with Crippen LogP contribution in [-0.4, -0.2) is 48.6 Å². The predicted octanol–water partition coefficient (Wildman–Crippen LogP) is 6.71. The number of fused-ring (bicyclic) bond motifs is 1. The molecule has 3 aromatic carbocycles. The maximum atomic E-state index is 14.6. The smallest absolute Gasteiger partial charge is 0.228 e. The quantitative estimate of drug-likeness (QED) is 0.187. The zero-order valence-corrected chi connectivity index (χ0v) is 23.6. The zero-order chi connectivity index (χ0) is 29.6. The van der Waals surface area contributed by atoms with Crippen LogP contribution < -0.4 is 24.8 Å². The van der Waals surface area contributed by atoms with Crippen molar-refractivity contribution in [3.8, 4) is 34.4 Å². The summed E-state index contributed by atoms with van der Waals surface area (Å²) in [4.78, 5) is 14.6. The van der Waals surface area contributed by atoms with Crippen LogP contribution in [0.1, 0.15) is 11.1 Å². The van der Waals surface area contributed by atoms with Crippen molar-refractivity contribution >= 4 is 22.4 Å². The first-order chi connectivity index (χ1) is 20.4. The summed E-state index contributed by atoms with van der Waals surface area (Å²) < 4.78 is 45.3. The van der Waals surface area contributed by atoms with E-state index in [9.17, 15) is 8.78 Å². The van der Waals surface area contributed by atoms with Crippen LogP contribution in [0, 0.1) is 6.92 Å². The van der Waals surface area contributed by atoms with Crippen molar-refractivity contribution in [2.75, 3.05) is 38.1 Å². The van der Waals surface area contributed by atoms with Crippen molar-refractivity contribution in [3.63, 3.8) is 0 Å². The first-order valence-corrected chi connectivity index (χ1v) is 13.3. The molecule has 8 nitrogen and oxygen atoms in total. The molecule has 0 aliphatic carbocycles. The maximum Gasteiger partial charge on any atom is 0.228 e. The second-order valence-electron chi connectivity index (χ2n) is 9.66. The molecule has 42 heavy (non-hydrogen) atoms. The highest BCUT2D eigenvalue weighted by Gasteiger charge is 2.20. The number of hydrogen-bond donors (Lipinski definition) is 1. The second-order valence-corrected chi connectivity index (χ2v) is 9.66. The fourth-order valence-corrected chi connectivity index (χ4v) is 4.86. The monoisotopic (exact) mass is 571 g/mol. The van der Waals surface area contributed by atoms with Crippen molar-refractivity contribution in [1.29, 1.82) is 0 Å². The lowest BCUT2D eigenvalue weighted by atomic mass is 10.0. The number of hydrogen-bond acceptors (Lipinski definition) is 8. The number of nitrogen functional groups attached to an aromatic ring is 1. The Bertz CT molecular complexity index is 1700. The fraction of sp³-hybridized carbons (Fsp3) is 0.219. The van der Waals surface area contributed by atoms with Crippen molar-refractivity contribution in [3.05, 3.63) is 90.3 Å². The summed E-state index contributed by atoms with van der Waals surface area (Å²) in [7, 11) is 3.12. The number of anilines is 2. The molecule has 5 rings (SSSR count). The van der Waals surface area contributed by atoms with Crippen LogP contribution in [0.4, 0.5) is 20.4 Å². The van der Waals surface area contributed by atoms with Crippen molar-refractivity contribution in [1.82, 2.24) is 15.0 Å². The molecule has 1 atom stereocenters. The molecule has 0 bridgehead atoms. The number of halogens is 2. The van der Waals surface area contributed by atoms with Gasteiger partial charge in [-0.2, -0.15) is 0 Å². The highest BCUT2D eigenvalue weighted by Crippen LogP contribution is 2.40. The van der Waals surface area contributed by atoms with Gasteiger partial charge in [0.05, 0.1) is 32.0 Å². The van der Waals surface area contributed by atoms with Crippen LogP contribution >= 0.6 is 0 Å². The van der Waals surface area contributed by atoms with Crippen molar-refractivity contribution in [2.45, 2.75) is 19.6 Å². The number of ether oxygens (including phenoxy) is 3. The summed E-state index contributed by atoms with van der Waals surface area (Å²) in [5, 5.41) is 1.60. The molecule has 5 aromatic rings. The molecule has 10 heteroatoms. The maximum absolute atomic E-state index is 14.6. The van der Waals surface area contributed by atoms with Gasteiger partial charge in [-0.1, -0.05) is 30.3 Å². The first kappa shape index (κ1) is 28.5. The average Bonchev–Trinajstić information content (AvgIpc) is 3.01. The van der Waals surface area contributed by atoms with Gasteiger partial charge >= 0.3 is 0 Å². The number of rotatable bonds is 11. The lowest BCUT2D eigenvalue weighted by Gasteiger charge is -2.28. The van der Waals surface area contributed by atoms with Gasteiger partial charge in [-0.05, 0) is 54.4 Å². The molecule has 0 radical (unpaired) electrons. The van der Waals surface area contributed by atoms with E-state index >= 15 is 0 Å². The second kappa shape index (κ2) is 12.7. The SMILES string of the molecule is COc1ccc(CN(CC(F)CF)c2cccc3c(Oc4ncccc4-c4ccnc(N)n4)c(C)ccc23)cc1OC. The summed E-state index contributed by atoms with van der Waals surface area (Å²) >= 11 is 0. The Hall–Kier alpha value is -4.99. The molecular formula is C32H31F2N5O3. The highest BCUT2D eigenvalue weighted by atomic mass is 19.2. The number of methoxy groups -OCH3 is 2. The zero-order valence-electron chi connectivity index (χ0n) is 23.6. The molecule has 2 N–H and O–H groups in total. The Balaban J connectivity index is 1.57. The van der Waals surface area contributed by atoms with Gasteiger partial charge in [0.1, 0.15) is 18.6 Å². The summed E-state index contributed by atoms with van der Waals surface area (Å²) in [6.45, 7) is 1.02. The molecule has 0 aliphatic rings. The molecule has 0 spiro atoms. The standard InChI is InChI=1S/C32H31F2N5O3/c1-20-9-11-23-24(30(20)42-31-25(7-5-14-36-31)26-13-15-37-32(35)38-26)6-4-8-27(23)39(19-22(34)17-33)18-21-10-12-28(40-2)29(16-21)41-3/h4-16,22H,17-19H2,1-3H3,(H2,35,37,38). The number of nitrogens with two attached hydrogens (primary N) is 1. The average molecular weight is 572 g/mol. The van der Waals surface area contributed by atoms with E-state index in [2.05, 4.69) is 15.0 Å². The van der Waals surface area contributed by atoms with E-state index in [1.54, 1.807) is 44.8 Å². The van der Waals surface area contributed by atoms with Gasteiger partial charge in [-0.25, -0.2) is 23.7 Å². The summed E-state index contributed by atoms with van der Waals surface area (Å²) in [6, 6.07) is 20.5. The van der Waals surface area contributed by atoms with Crippen molar-refractivity contribution < 1.29 is 23.0 Å². The number of aromatic nitrogens is 3. The van der Waals surface area contributed by atoms with Crippen LogP contribution in [0.25, 0.3) is 22.0 Å². The first-order valence-electron chi connectivity index (χ1n) is 13.3. The Morgan fingerprint density at radius 1 is 0.905 bits per heavy atom. The highest BCUT2D eigenvalue weighted by molar-refractivity contribution is 5.99. The minimum atomic E-state index is -1.67. The van der Waals surface area contributed by atoms with E-state index in [1.165, 1.54) is 0 Å². The van der Waals surface area contributed by atoms with Crippen LogP contribution in [0.5, 0.6) is 23.1 Å². The van der Waals surface area contributed by atoms with Gasteiger partial charge in [-0.15, -0.1) is 0 Å².